The number of benzene rings is 2. The zero-order chi connectivity index (χ0) is 21.8. The van der Waals surface area contributed by atoms with Gasteiger partial charge in [-0.25, -0.2) is 0 Å². The smallest absolute Gasteiger partial charge is 0.270 e. The van der Waals surface area contributed by atoms with Gasteiger partial charge in [0.15, 0.2) is 0 Å². The van der Waals surface area contributed by atoms with Crippen LogP contribution in [-0.2, 0) is 11.3 Å². The van der Waals surface area contributed by atoms with E-state index in [9.17, 15) is 19.7 Å². The maximum Gasteiger partial charge on any atom is 0.270 e. The van der Waals surface area contributed by atoms with Gasteiger partial charge in [-0.15, -0.1) is 0 Å². The number of nitrogens with zero attached hydrogens (tertiary/aromatic N) is 2. The molecule has 2 heterocycles. The van der Waals surface area contributed by atoms with Gasteiger partial charge in [-0.2, -0.15) is 0 Å². The Balaban J connectivity index is 2.00. The van der Waals surface area contributed by atoms with Crippen molar-refractivity contribution in [3.8, 4) is 5.75 Å². The van der Waals surface area contributed by atoms with Crippen LogP contribution in [0.5, 0.6) is 5.75 Å². The van der Waals surface area contributed by atoms with Crippen LogP contribution in [-0.4, -0.2) is 27.2 Å². The monoisotopic (exact) mass is 407 g/mol. The average Bonchev–Trinajstić information content (AvgIpc) is 2.99. The maximum atomic E-state index is 13.3. The molecule has 1 N–H and O–H groups in total. The summed E-state index contributed by atoms with van der Waals surface area (Å²) in [6.45, 7) is 6.97. The Labute approximate surface area is 173 Å². The first kappa shape index (κ1) is 19.6. The number of ether oxygens (including phenoxy) is 1. The molecule has 2 aliphatic heterocycles. The number of rotatable bonds is 3. The molecule has 4 rings (SSSR count). The fourth-order valence-corrected chi connectivity index (χ4v) is 4.00. The molecule has 0 saturated heterocycles. The van der Waals surface area contributed by atoms with Crippen LogP contribution in [0.2, 0.25) is 0 Å². The summed E-state index contributed by atoms with van der Waals surface area (Å²) in [5.41, 5.74) is 2.14. The summed E-state index contributed by atoms with van der Waals surface area (Å²) in [6, 6.07) is 10.1. The highest BCUT2D eigenvalue weighted by molar-refractivity contribution is 6.04. The number of non-ortho nitro benzene ring substituents is 1. The molecule has 0 radical (unpaired) electrons. The van der Waals surface area contributed by atoms with E-state index in [0.717, 1.165) is 5.56 Å². The van der Waals surface area contributed by atoms with Gasteiger partial charge in [0, 0.05) is 30.2 Å². The Kier molecular flexibility index (Phi) is 4.38. The summed E-state index contributed by atoms with van der Waals surface area (Å²) in [7, 11) is 0. The first-order valence-corrected chi connectivity index (χ1v) is 9.50. The van der Waals surface area contributed by atoms with E-state index in [1.165, 1.54) is 19.1 Å². The average molecular weight is 407 g/mol. The zero-order valence-corrected chi connectivity index (χ0v) is 17.1. The summed E-state index contributed by atoms with van der Waals surface area (Å²) >= 11 is 0. The fourth-order valence-electron chi connectivity index (χ4n) is 4.00. The quantitative estimate of drug-likeness (QED) is 0.619. The zero-order valence-electron chi connectivity index (χ0n) is 17.1. The van der Waals surface area contributed by atoms with Gasteiger partial charge in [0.2, 0.25) is 5.91 Å². The molecule has 8 heteroatoms. The van der Waals surface area contributed by atoms with Crippen molar-refractivity contribution in [2.45, 2.75) is 39.8 Å². The van der Waals surface area contributed by atoms with Crippen molar-refractivity contribution in [1.29, 1.82) is 0 Å². The van der Waals surface area contributed by atoms with Crippen molar-refractivity contribution in [2.24, 2.45) is 0 Å². The van der Waals surface area contributed by atoms with E-state index in [4.69, 9.17) is 4.74 Å². The molecule has 2 aromatic rings. The normalized spacial score (nSPS) is 16.7. The Hall–Kier alpha value is -3.68. The second-order valence-corrected chi connectivity index (χ2v) is 7.96. The van der Waals surface area contributed by atoms with Crippen molar-refractivity contribution in [1.82, 2.24) is 10.2 Å². The summed E-state index contributed by atoms with van der Waals surface area (Å²) in [6.07, 6.45) is 0. The molecule has 2 aromatic carbocycles. The van der Waals surface area contributed by atoms with E-state index in [-0.39, 0.29) is 17.5 Å². The van der Waals surface area contributed by atoms with Crippen LogP contribution in [0.1, 0.15) is 47.8 Å². The van der Waals surface area contributed by atoms with Crippen LogP contribution >= 0.6 is 0 Å². The topological polar surface area (TPSA) is 102 Å². The van der Waals surface area contributed by atoms with E-state index >= 15 is 0 Å². The minimum Gasteiger partial charge on any atom is -0.481 e. The molecule has 0 fully saturated rings. The van der Waals surface area contributed by atoms with Crippen molar-refractivity contribution in [2.75, 3.05) is 0 Å². The lowest BCUT2D eigenvalue weighted by atomic mass is 9.92. The Morgan fingerprint density at radius 2 is 1.93 bits per heavy atom. The molecular weight excluding hydrogens is 386 g/mol. The van der Waals surface area contributed by atoms with Crippen molar-refractivity contribution in [3.63, 3.8) is 0 Å². The van der Waals surface area contributed by atoms with Gasteiger partial charge >= 0.3 is 0 Å². The number of hydrogen-bond donors (Lipinski definition) is 1. The fraction of sp³-hybridized carbons (Fsp3) is 0.273. The minimum atomic E-state index is -0.968. The molecule has 0 aliphatic carbocycles. The maximum absolute atomic E-state index is 13.3. The molecule has 0 atom stereocenters. The molecule has 0 aromatic heterocycles. The lowest BCUT2D eigenvalue weighted by Gasteiger charge is -2.39. The van der Waals surface area contributed by atoms with Crippen LogP contribution in [0, 0.1) is 17.0 Å². The summed E-state index contributed by atoms with van der Waals surface area (Å²) in [5, 5.41) is 14.3. The minimum absolute atomic E-state index is 0.113. The van der Waals surface area contributed by atoms with Crippen LogP contribution in [0.4, 0.5) is 5.69 Å². The van der Waals surface area contributed by atoms with E-state index in [1.807, 2.05) is 12.1 Å². The summed E-state index contributed by atoms with van der Waals surface area (Å²) < 4.78 is 6.17. The van der Waals surface area contributed by atoms with Crippen LogP contribution in [0.25, 0.3) is 5.70 Å². The number of nitro groups is 1. The molecule has 8 nitrogen and oxygen atoms in total. The number of carbonyl (C=O) groups excluding carboxylic acids is 2. The third kappa shape index (κ3) is 3.01. The molecule has 154 valence electrons. The Morgan fingerprint density at radius 1 is 1.23 bits per heavy atom. The van der Waals surface area contributed by atoms with Crippen LogP contribution in [0.3, 0.4) is 0 Å². The molecule has 0 saturated carbocycles. The van der Waals surface area contributed by atoms with Gasteiger partial charge in [0.25, 0.3) is 11.6 Å². The highest BCUT2D eigenvalue weighted by atomic mass is 16.6. The standard InChI is InChI=1S/C22H21N3O5/c1-12-9-15(25(28)29)10-17-18(20(23-13(2)26)22(3,4)30-19(12)17)24-11-14-7-5-6-8-16(14)21(24)27/h5-10H,11H2,1-4H3,(H,23,26). The van der Waals surface area contributed by atoms with E-state index in [1.54, 1.807) is 37.8 Å². The van der Waals surface area contributed by atoms with Crippen LogP contribution in [0.15, 0.2) is 42.1 Å². The highest BCUT2D eigenvalue weighted by Crippen LogP contribution is 2.46. The number of fused-ring (bicyclic) bond motifs is 2. The first-order valence-electron chi connectivity index (χ1n) is 9.50. The first-order chi connectivity index (χ1) is 14.1. The molecule has 30 heavy (non-hydrogen) atoms. The lowest BCUT2D eigenvalue weighted by molar-refractivity contribution is -0.385. The van der Waals surface area contributed by atoms with Crippen molar-refractivity contribution in [3.05, 3.63) is 74.5 Å². The van der Waals surface area contributed by atoms with Crippen molar-refractivity contribution >= 4 is 23.2 Å². The molecule has 0 spiro atoms. The molecule has 0 bridgehead atoms. The third-order valence-corrected chi connectivity index (χ3v) is 5.31. The second kappa shape index (κ2) is 6.69. The Morgan fingerprint density at radius 3 is 2.57 bits per heavy atom. The van der Waals surface area contributed by atoms with Gasteiger partial charge in [-0.1, -0.05) is 18.2 Å². The van der Waals surface area contributed by atoms with Gasteiger partial charge in [0.1, 0.15) is 11.4 Å². The third-order valence-electron chi connectivity index (χ3n) is 5.31. The number of carbonyl (C=O) groups is 2. The van der Waals surface area contributed by atoms with Gasteiger partial charge in [-0.3, -0.25) is 19.7 Å². The molecular formula is C22H21N3O5. The lowest BCUT2D eigenvalue weighted by Crippen LogP contribution is -2.45. The summed E-state index contributed by atoms with van der Waals surface area (Å²) in [5.74, 6) is -0.0938. The van der Waals surface area contributed by atoms with E-state index < -0.39 is 10.5 Å². The Bertz CT molecular complexity index is 1150. The SMILES string of the molecule is CC(=O)NC1=C(N2Cc3ccccc3C2=O)c2cc([N+](=O)[O-])cc(C)c2OC1(C)C. The molecule has 2 aliphatic rings. The number of aryl methyl sites for hydroxylation is 1. The number of amides is 2. The number of nitrogens with one attached hydrogen (secondary N) is 1. The van der Waals surface area contributed by atoms with Gasteiger partial charge in [0.05, 0.1) is 22.9 Å². The van der Waals surface area contributed by atoms with Gasteiger partial charge < -0.3 is 15.0 Å². The van der Waals surface area contributed by atoms with Crippen LogP contribution < -0.4 is 10.1 Å². The number of hydrogen-bond acceptors (Lipinski definition) is 5. The van der Waals surface area contributed by atoms with E-state index in [2.05, 4.69) is 5.32 Å². The summed E-state index contributed by atoms with van der Waals surface area (Å²) in [4.78, 5) is 37.8. The largest absolute Gasteiger partial charge is 0.481 e. The predicted molar refractivity (Wildman–Crippen MR) is 110 cm³/mol. The van der Waals surface area contributed by atoms with E-state index in [0.29, 0.717) is 40.4 Å². The second-order valence-electron chi connectivity index (χ2n) is 7.96. The van der Waals surface area contributed by atoms with Gasteiger partial charge in [-0.05, 0) is 38.0 Å². The van der Waals surface area contributed by atoms with Crippen molar-refractivity contribution < 1.29 is 19.2 Å². The number of nitro benzene ring substituents is 1. The molecule has 2 amide bonds. The predicted octanol–water partition coefficient (Wildman–Crippen LogP) is 3.53. The highest BCUT2D eigenvalue weighted by Gasteiger charge is 2.43. The molecule has 0 unspecified atom stereocenters.